The molecule has 0 aromatic heterocycles. The van der Waals surface area contributed by atoms with Crippen molar-refractivity contribution in [3.8, 4) is 0 Å². The van der Waals surface area contributed by atoms with Crippen molar-refractivity contribution >= 4 is 23.6 Å². The molecule has 0 unspecified atom stereocenters. The molecule has 1 amide bonds. The number of hydrogen-bond acceptors (Lipinski definition) is 3. The second-order valence-corrected chi connectivity index (χ2v) is 6.00. The second-order valence-electron chi connectivity index (χ2n) is 5.01. The van der Waals surface area contributed by atoms with E-state index >= 15 is 0 Å². The van der Waals surface area contributed by atoms with Crippen LogP contribution in [0, 0.1) is 0 Å². The number of thioether (sulfide) groups is 1. The fourth-order valence-corrected chi connectivity index (χ4v) is 2.13. The van der Waals surface area contributed by atoms with E-state index in [0.717, 1.165) is 24.4 Å². The molecule has 0 aliphatic rings. The van der Waals surface area contributed by atoms with Crippen LogP contribution in [0.15, 0.2) is 29.3 Å². The van der Waals surface area contributed by atoms with Gasteiger partial charge >= 0.3 is 6.18 Å². The Bertz CT molecular complexity index is 561. The molecule has 5 nitrogen and oxygen atoms in total. The van der Waals surface area contributed by atoms with Gasteiger partial charge in [0.05, 0.1) is 12.1 Å². The second kappa shape index (κ2) is 10.9. The lowest BCUT2D eigenvalue weighted by Gasteiger charge is -2.12. The first-order valence-electron chi connectivity index (χ1n) is 7.85. The maximum absolute atomic E-state index is 12.5. The molecule has 0 aliphatic carbocycles. The van der Waals surface area contributed by atoms with E-state index in [1.54, 1.807) is 11.8 Å². The van der Waals surface area contributed by atoms with E-state index in [0.29, 0.717) is 25.6 Å². The smallest absolute Gasteiger partial charge is 0.357 e. The number of nitrogens with zero attached hydrogens (tertiary/aromatic N) is 1. The molecule has 25 heavy (non-hydrogen) atoms. The van der Waals surface area contributed by atoms with Crippen molar-refractivity contribution in [2.75, 3.05) is 38.2 Å². The SMILES string of the molecule is CCNC(=NCCSC)NCCNC(=O)c1ccc(C(F)(F)F)cc1. The zero-order valence-electron chi connectivity index (χ0n) is 14.2. The summed E-state index contributed by atoms with van der Waals surface area (Å²) in [6.07, 6.45) is -2.40. The fraction of sp³-hybridized carbons (Fsp3) is 0.500. The number of carbonyl (C=O) groups excluding carboxylic acids is 1. The van der Waals surface area contributed by atoms with Crippen LogP contribution in [0.2, 0.25) is 0 Å². The first-order chi connectivity index (χ1) is 11.9. The molecule has 0 saturated carbocycles. The van der Waals surface area contributed by atoms with E-state index in [-0.39, 0.29) is 5.56 Å². The van der Waals surface area contributed by atoms with Crippen LogP contribution in [-0.4, -0.2) is 50.1 Å². The van der Waals surface area contributed by atoms with Gasteiger partial charge in [-0.3, -0.25) is 9.79 Å². The lowest BCUT2D eigenvalue weighted by atomic mass is 10.1. The van der Waals surface area contributed by atoms with Crippen molar-refractivity contribution in [2.45, 2.75) is 13.1 Å². The number of rotatable bonds is 8. The Kier molecular flexibility index (Phi) is 9.18. The molecule has 9 heteroatoms. The van der Waals surface area contributed by atoms with Gasteiger partial charge in [0.15, 0.2) is 5.96 Å². The Morgan fingerprint density at radius 2 is 1.76 bits per heavy atom. The van der Waals surface area contributed by atoms with Crippen LogP contribution < -0.4 is 16.0 Å². The molecule has 0 heterocycles. The molecule has 1 aromatic carbocycles. The van der Waals surface area contributed by atoms with Gasteiger partial charge in [-0.2, -0.15) is 24.9 Å². The van der Waals surface area contributed by atoms with E-state index < -0.39 is 17.6 Å². The third kappa shape index (κ3) is 8.15. The summed E-state index contributed by atoms with van der Waals surface area (Å²) in [6, 6.07) is 4.13. The number of benzene rings is 1. The summed E-state index contributed by atoms with van der Waals surface area (Å²) < 4.78 is 37.5. The lowest BCUT2D eigenvalue weighted by molar-refractivity contribution is -0.137. The third-order valence-electron chi connectivity index (χ3n) is 3.09. The van der Waals surface area contributed by atoms with Gasteiger partial charge in [-0.15, -0.1) is 0 Å². The van der Waals surface area contributed by atoms with Crippen LogP contribution in [0.1, 0.15) is 22.8 Å². The van der Waals surface area contributed by atoms with E-state index in [1.807, 2.05) is 13.2 Å². The predicted molar refractivity (Wildman–Crippen MR) is 96.1 cm³/mol. The van der Waals surface area contributed by atoms with Crippen LogP contribution in [0.3, 0.4) is 0 Å². The monoisotopic (exact) mass is 376 g/mol. The molecule has 1 rings (SSSR count). The van der Waals surface area contributed by atoms with Gasteiger partial charge in [0.2, 0.25) is 0 Å². The van der Waals surface area contributed by atoms with Crippen LogP contribution in [-0.2, 0) is 6.18 Å². The third-order valence-corrected chi connectivity index (χ3v) is 3.68. The van der Waals surface area contributed by atoms with Gasteiger partial charge in [0.25, 0.3) is 5.91 Å². The van der Waals surface area contributed by atoms with E-state index in [2.05, 4.69) is 20.9 Å². The average molecular weight is 376 g/mol. The number of alkyl halides is 3. The Labute approximate surface area is 149 Å². The number of aliphatic imine (C=N–C) groups is 1. The van der Waals surface area contributed by atoms with Crippen LogP contribution >= 0.6 is 11.8 Å². The van der Waals surface area contributed by atoms with Crippen molar-refractivity contribution < 1.29 is 18.0 Å². The highest BCUT2D eigenvalue weighted by atomic mass is 32.2. The number of hydrogen-bond donors (Lipinski definition) is 3. The summed E-state index contributed by atoms with van der Waals surface area (Å²) in [7, 11) is 0. The molecule has 0 bridgehead atoms. The summed E-state index contributed by atoms with van der Waals surface area (Å²) in [4.78, 5) is 16.3. The quantitative estimate of drug-likeness (QED) is 0.370. The molecule has 0 atom stereocenters. The maximum atomic E-state index is 12.5. The Hall–Kier alpha value is -1.90. The van der Waals surface area contributed by atoms with Crippen LogP contribution in [0.25, 0.3) is 0 Å². The first kappa shape index (κ1) is 21.1. The van der Waals surface area contributed by atoms with Gasteiger partial charge < -0.3 is 16.0 Å². The maximum Gasteiger partial charge on any atom is 0.416 e. The largest absolute Gasteiger partial charge is 0.416 e. The zero-order valence-corrected chi connectivity index (χ0v) is 15.1. The normalized spacial score (nSPS) is 12.0. The molecule has 3 N–H and O–H groups in total. The Balaban J connectivity index is 2.42. The molecular formula is C16H23F3N4OS. The Morgan fingerprint density at radius 3 is 2.32 bits per heavy atom. The molecule has 0 spiro atoms. The van der Waals surface area contributed by atoms with Crippen molar-refractivity contribution in [1.29, 1.82) is 0 Å². The Morgan fingerprint density at radius 1 is 1.12 bits per heavy atom. The highest BCUT2D eigenvalue weighted by Gasteiger charge is 2.30. The molecule has 0 aliphatic heterocycles. The van der Waals surface area contributed by atoms with Crippen molar-refractivity contribution in [3.63, 3.8) is 0 Å². The molecule has 1 aromatic rings. The molecule has 140 valence electrons. The van der Waals surface area contributed by atoms with Crippen molar-refractivity contribution in [3.05, 3.63) is 35.4 Å². The van der Waals surface area contributed by atoms with Gasteiger partial charge in [0, 0.05) is 31.0 Å². The summed E-state index contributed by atoms with van der Waals surface area (Å²) in [5.74, 6) is 1.17. The van der Waals surface area contributed by atoms with Gasteiger partial charge in [-0.25, -0.2) is 0 Å². The van der Waals surface area contributed by atoms with Gasteiger partial charge in [-0.1, -0.05) is 0 Å². The summed E-state index contributed by atoms with van der Waals surface area (Å²) >= 11 is 1.70. The topological polar surface area (TPSA) is 65.5 Å². The minimum Gasteiger partial charge on any atom is -0.357 e. The fourth-order valence-electron chi connectivity index (χ4n) is 1.86. The van der Waals surface area contributed by atoms with E-state index in [9.17, 15) is 18.0 Å². The van der Waals surface area contributed by atoms with Crippen molar-refractivity contribution in [1.82, 2.24) is 16.0 Å². The molecule has 0 saturated heterocycles. The highest BCUT2D eigenvalue weighted by Crippen LogP contribution is 2.28. The van der Waals surface area contributed by atoms with E-state index in [4.69, 9.17) is 0 Å². The first-order valence-corrected chi connectivity index (χ1v) is 9.24. The van der Waals surface area contributed by atoms with Crippen molar-refractivity contribution in [2.24, 2.45) is 4.99 Å². The van der Waals surface area contributed by atoms with Gasteiger partial charge in [0.1, 0.15) is 0 Å². The number of halogens is 3. The minimum atomic E-state index is -4.41. The van der Waals surface area contributed by atoms with Crippen LogP contribution in [0.5, 0.6) is 0 Å². The summed E-state index contributed by atoms with van der Waals surface area (Å²) in [5.41, 5.74) is -0.587. The number of guanidine groups is 1. The number of carbonyl (C=O) groups is 1. The minimum absolute atomic E-state index is 0.188. The number of amides is 1. The average Bonchev–Trinajstić information content (AvgIpc) is 2.58. The molecule has 0 fully saturated rings. The van der Waals surface area contributed by atoms with Gasteiger partial charge in [-0.05, 0) is 37.4 Å². The molecular weight excluding hydrogens is 353 g/mol. The van der Waals surface area contributed by atoms with E-state index in [1.165, 1.54) is 12.1 Å². The summed E-state index contributed by atoms with van der Waals surface area (Å²) in [5, 5.41) is 8.83. The zero-order chi connectivity index (χ0) is 18.7. The number of nitrogens with one attached hydrogen (secondary N) is 3. The standard InChI is InChI=1S/C16H23F3N4OS/c1-3-20-15(23-10-11-25-2)22-9-8-21-14(24)12-4-6-13(7-5-12)16(17,18)19/h4-7H,3,8-11H2,1-2H3,(H,21,24)(H2,20,22,23). The highest BCUT2D eigenvalue weighted by molar-refractivity contribution is 7.98. The summed E-state index contributed by atoms with van der Waals surface area (Å²) in [6.45, 7) is 4.15. The lowest BCUT2D eigenvalue weighted by Crippen LogP contribution is -2.41. The molecule has 0 radical (unpaired) electrons. The predicted octanol–water partition coefficient (Wildman–Crippen LogP) is 2.35. The van der Waals surface area contributed by atoms with Crippen LogP contribution in [0.4, 0.5) is 13.2 Å².